The van der Waals surface area contributed by atoms with Gasteiger partial charge in [0.2, 0.25) is 0 Å². The van der Waals surface area contributed by atoms with Crippen molar-refractivity contribution in [2.75, 3.05) is 0 Å². The van der Waals surface area contributed by atoms with Crippen molar-refractivity contribution < 1.29 is 8.91 Å². The molecule has 0 aliphatic carbocycles. The third kappa shape index (κ3) is 3.34. The molecule has 0 unspecified atom stereocenters. The highest BCUT2D eigenvalue weighted by atomic mass is 32.1. The van der Waals surface area contributed by atoms with E-state index in [-0.39, 0.29) is 5.82 Å². The quantitative estimate of drug-likeness (QED) is 0.525. The number of aryl methyl sites for hydroxylation is 1. The van der Waals surface area contributed by atoms with Crippen LogP contribution in [-0.4, -0.2) is 15.1 Å². The molecule has 2 aromatic carbocycles. The molecule has 4 aromatic rings. The van der Waals surface area contributed by atoms with Gasteiger partial charge < -0.3 is 4.52 Å². The first-order chi connectivity index (χ1) is 12.2. The van der Waals surface area contributed by atoms with E-state index in [1.807, 2.05) is 35.7 Å². The van der Waals surface area contributed by atoms with Crippen LogP contribution in [0.4, 0.5) is 4.39 Å². The highest BCUT2D eigenvalue weighted by molar-refractivity contribution is 7.10. The number of hydrogen-bond donors (Lipinski definition) is 0. The molecule has 6 heteroatoms. The minimum Gasteiger partial charge on any atom is -0.334 e. The van der Waals surface area contributed by atoms with E-state index in [2.05, 4.69) is 15.1 Å². The predicted octanol–water partition coefficient (Wildman–Crippen LogP) is 4.90. The molecule has 4 nitrogen and oxygen atoms in total. The number of rotatable bonds is 4. The third-order valence-electron chi connectivity index (χ3n) is 3.78. The van der Waals surface area contributed by atoms with Crippen LogP contribution < -0.4 is 0 Å². The number of aromatic nitrogens is 3. The molecular weight excluding hydrogens is 337 g/mol. The molecule has 0 saturated heterocycles. The summed E-state index contributed by atoms with van der Waals surface area (Å²) in [6.07, 6.45) is 0.486. The number of benzene rings is 2. The summed E-state index contributed by atoms with van der Waals surface area (Å²) in [5, 5.41) is 6.67. The number of nitrogens with zero attached hydrogens (tertiary/aromatic N) is 3. The van der Waals surface area contributed by atoms with E-state index in [0.29, 0.717) is 23.7 Å². The largest absolute Gasteiger partial charge is 0.334 e. The van der Waals surface area contributed by atoms with E-state index in [1.165, 1.54) is 17.4 Å². The summed E-state index contributed by atoms with van der Waals surface area (Å²) < 4.78 is 19.0. The molecular formula is C19H14FN3OS. The molecule has 0 bridgehead atoms. The molecule has 0 fully saturated rings. The molecule has 4 rings (SSSR count). The molecule has 0 N–H and O–H groups in total. The van der Waals surface area contributed by atoms with Crippen molar-refractivity contribution in [1.29, 1.82) is 0 Å². The first kappa shape index (κ1) is 15.7. The summed E-state index contributed by atoms with van der Waals surface area (Å²) in [6.45, 7) is 1.78. The normalized spacial score (nSPS) is 11.0. The van der Waals surface area contributed by atoms with Crippen LogP contribution in [0.5, 0.6) is 0 Å². The molecule has 0 amide bonds. The van der Waals surface area contributed by atoms with Gasteiger partial charge in [-0.1, -0.05) is 35.5 Å². The van der Waals surface area contributed by atoms with Gasteiger partial charge in [0, 0.05) is 22.9 Å². The fourth-order valence-electron chi connectivity index (χ4n) is 2.56. The second-order valence-corrected chi connectivity index (χ2v) is 6.56. The molecule has 0 aliphatic heterocycles. The fraction of sp³-hybridized carbons (Fsp3) is 0.105. The SMILES string of the molecule is Cc1noc(-c2cccc(-c3csc(Cc4ccccc4F)n3)c2)n1. The third-order valence-corrected chi connectivity index (χ3v) is 4.63. The van der Waals surface area contributed by atoms with E-state index in [4.69, 9.17) is 4.52 Å². The smallest absolute Gasteiger partial charge is 0.257 e. The second kappa shape index (κ2) is 6.57. The summed E-state index contributed by atoms with van der Waals surface area (Å²) in [7, 11) is 0. The topological polar surface area (TPSA) is 51.8 Å². The van der Waals surface area contributed by atoms with Crippen LogP contribution in [0.15, 0.2) is 58.4 Å². The van der Waals surface area contributed by atoms with E-state index >= 15 is 0 Å². The van der Waals surface area contributed by atoms with Gasteiger partial charge in [0.1, 0.15) is 5.82 Å². The van der Waals surface area contributed by atoms with Gasteiger partial charge in [-0.25, -0.2) is 9.37 Å². The molecule has 2 heterocycles. The average Bonchev–Trinajstić information content (AvgIpc) is 3.26. The van der Waals surface area contributed by atoms with Crippen molar-refractivity contribution >= 4 is 11.3 Å². The van der Waals surface area contributed by atoms with Crippen molar-refractivity contribution in [2.24, 2.45) is 0 Å². The zero-order valence-corrected chi connectivity index (χ0v) is 14.3. The maximum absolute atomic E-state index is 13.8. The minimum atomic E-state index is -0.201. The summed E-state index contributed by atoms with van der Waals surface area (Å²) in [5.74, 6) is 0.885. The maximum Gasteiger partial charge on any atom is 0.257 e. The van der Waals surface area contributed by atoms with Gasteiger partial charge in [-0.05, 0) is 30.7 Å². The van der Waals surface area contributed by atoms with Gasteiger partial charge in [-0.15, -0.1) is 11.3 Å². The second-order valence-electron chi connectivity index (χ2n) is 5.62. The van der Waals surface area contributed by atoms with Crippen molar-refractivity contribution in [1.82, 2.24) is 15.1 Å². The lowest BCUT2D eigenvalue weighted by Gasteiger charge is -2.00. The van der Waals surface area contributed by atoms with Crippen molar-refractivity contribution in [3.05, 3.63) is 76.1 Å². The van der Waals surface area contributed by atoms with Gasteiger partial charge in [-0.3, -0.25) is 0 Å². The summed E-state index contributed by atoms with van der Waals surface area (Å²) in [6, 6.07) is 14.6. The van der Waals surface area contributed by atoms with Gasteiger partial charge in [0.25, 0.3) is 5.89 Å². The van der Waals surface area contributed by atoms with Gasteiger partial charge >= 0.3 is 0 Å². The Labute approximate surface area is 148 Å². The number of hydrogen-bond acceptors (Lipinski definition) is 5. The van der Waals surface area contributed by atoms with Crippen LogP contribution >= 0.6 is 11.3 Å². The summed E-state index contributed by atoms with van der Waals surface area (Å²) in [5.41, 5.74) is 3.32. The predicted molar refractivity (Wildman–Crippen MR) is 94.8 cm³/mol. The van der Waals surface area contributed by atoms with Crippen LogP contribution in [0.3, 0.4) is 0 Å². The summed E-state index contributed by atoms with van der Waals surface area (Å²) >= 11 is 1.52. The Bertz CT molecular complexity index is 1020. The number of thiazole rings is 1. The lowest BCUT2D eigenvalue weighted by Crippen LogP contribution is -1.91. The zero-order chi connectivity index (χ0) is 17.2. The van der Waals surface area contributed by atoms with Crippen molar-refractivity contribution in [3.8, 4) is 22.7 Å². The standard InChI is InChI=1S/C19H14FN3OS/c1-12-21-19(24-23-12)15-7-4-6-14(9-15)17-11-25-18(22-17)10-13-5-2-3-8-16(13)20/h2-9,11H,10H2,1H3. The Morgan fingerprint density at radius 1 is 1.04 bits per heavy atom. The van der Waals surface area contributed by atoms with Crippen LogP contribution in [0, 0.1) is 12.7 Å². The van der Waals surface area contributed by atoms with E-state index < -0.39 is 0 Å². The lowest BCUT2D eigenvalue weighted by atomic mass is 10.1. The molecule has 0 atom stereocenters. The lowest BCUT2D eigenvalue weighted by molar-refractivity contribution is 0.425. The Morgan fingerprint density at radius 3 is 2.68 bits per heavy atom. The first-order valence-electron chi connectivity index (χ1n) is 7.78. The molecule has 0 aliphatic rings. The van der Waals surface area contributed by atoms with E-state index in [9.17, 15) is 4.39 Å². The zero-order valence-electron chi connectivity index (χ0n) is 13.4. The minimum absolute atomic E-state index is 0.201. The Balaban J connectivity index is 1.61. The van der Waals surface area contributed by atoms with E-state index in [1.54, 1.807) is 19.1 Å². The molecule has 0 spiro atoms. The fourth-order valence-corrected chi connectivity index (χ4v) is 3.38. The molecule has 0 radical (unpaired) electrons. The Hall–Kier alpha value is -2.86. The average molecular weight is 351 g/mol. The molecule has 0 saturated carbocycles. The van der Waals surface area contributed by atoms with Gasteiger partial charge in [0.05, 0.1) is 10.7 Å². The van der Waals surface area contributed by atoms with Crippen LogP contribution in [0.25, 0.3) is 22.7 Å². The van der Waals surface area contributed by atoms with Crippen LogP contribution in [0.1, 0.15) is 16.4 Å². The van der Waals surface area contributed by atoms with Crippen LogP contribution in [0.2, 0.25) is 0 Å². The van der Waals surface area contributed by atoms with E-state index in [0.717, 1.165) is 21.8 Å². The first-order valence-corrected chi connectivity index (χ1v) is 8.66. The Morgan fingerprint density at radius 2 is 1.88 bits per heavy atom. The maximum atomic E-state index is 13.8. The van der Waals surface area contributed by atoms with Crippen LogP contribution in [-0.2, 0) is 6.42 Å². The molecule has 124 valence electrons. The van der Waals surface area contributed by atoms with Crippen molar-refractivity contribution in [3.63, 3.8) is 0 Å². The highest BCUT2D eigenvalue weighted by Crippen LogP contribution is 2.27. The monoisotopic (exact) mass is 351 g/mol. The number of halogens is 1. The summed E-state index contributed by atoms with van der Waals surface area (Å²) in [4.78, 5) is 8.89. The molecule has 2 aromatic heterocycles. The van der Waals surface area contributed by atoms with Gasteiger partial charge in [0.15, 0.2) is 5.82 Å². The Kier molecular flexibility index (Phi) is 4.11. The highest BCUT2D eigenvalue weighted by Gasteiger charge is 2.11. The van der Waals surface area contributed by atoms with Gasteiger partial charge in [-0.2, -0.15) is 4.98 Å². The molecule has 25 heavy (non-hydrogen) atoms. The van der Waals surface area contributed by atoms with Crippen molar-refractivity contribution in [2.45, 2.75) is 13.3 Å².